The summed E-state index contributed by atoms with van der Waals surface area (Å²) in [4.78, 5) is 12.2. The monoisotopic (exact) mass is 367 g/mol. The maximum absolute atomic E-state index is 13.4. The Labute approximate surface area is 137 Å². The minimum atomic E-state index is -4.42. The van der Waals surface area contributed by atoms with Crippen LogP contribution in [0.3, 0.4) is 0 Å². The molecular weight excluding hydrogens is 351 g/mol. The summed E-state index contributed by atoms with van der Waals surface area (Å²) in [5.74, 6) is -1.13. The third-order valence-corrected chi connectivity index (χ3v) is 4.43. The SMILES string of the molecule is CC(C)(C)OC(=O)N1[C@@H](c2ccc(F)c(C(F)F)c2)COS1(=O)=O. The molecule has 10 heteroatoms. The van der Waals surface area contributed by atoms with Crippen molar-refractivity contribution in [2.75, 3.05) is 6.61 Å². The van der Waals surface area contributed by atoms with E-state index in [1.54, 1.807) is 0 Å². The van der Waals surface area contributed by atoms with Crippen LogP contribution in [0.5, 0.6) is 0 Å². The van der Waals surface area contributed by atoms with E-state index < -0.39 is 52.5 Å². The molecule has 24 heavy (non-hydrogen) atoms. The molecule has 134 valence electrons. The summed E-state index contributed by atoms with van der Waals surface area (Å²) in [7, 11) is -4.42. The Hall–Kier alpha value is -1.81. The van der Waals surface area contributed by atoms with Crippen molar-refractivity contribution < 1.29 is 35.3 Å². The Morgan fingerprint density at radius 1 is 1.38 bits per heavy atom. The maximum atomic E-state index is 13.4. The van der Waals surface area contributed by atoms with Gasteiger partial charge in [0.05, 0.1) is 12.2 Å². The van der Waals surface area contributed by atoms with Crippen LogP contribution in [-0.2, 0) is 19.2 Å². The van der Waals surface area contributed by atoms with Crippen molar-refractivity contribution in [3.8, 4) is 0 Å². The summed E-state index contributed by atoms with van der Waals surface area (Å²) in [5.41, 5.74) is -1.86. The first-order valence-corrected chi connectivity index (χ1v) is 8.28. The molecule has 0 saturated carbocycles. The van der Waals surface area contributed by atoms with E-state index in [1.165, 1.54) is 20.8 Å². The van der Waals surface area contributed by atoms with E-state index in [0.29, 0.717) is 4.31 Å². The van der Waals surface area contributed by atoms with E-state index >= 15 is 0 Å². The summed E-state index contributed by atoms with van der Waals surface area (Å²) < 4.78 is 72.9. The predicted octanol–water partition coefficient (Wildman–Crippen LogP) is 3.32. The van der Waals surface area contributed by atoms with Crippen molar-refractivity contribution in [2.45, 2.75) is 38.8 Å². The largest absolute Gasteiger partial charge is 0.443 e. The van der Waals surface area contributed by atoms with E-state index in [0.717, 1.165) is 18.2 Å². The van der Waals surface area contributed by atoms with E-state index in [-0.39, 0.29) is 5.56 Å². The van der Waals surface area contributed by atoms with Gasteiger partial charge in [0, 0.05) is 0 Å². The quantitative estimate of drug-likeness (QED) is 0.802. The Morgan fingerprint density at radius 3 is 2.54 bits per heavy atom. The number of hydrogen-bond donors (Lipinski definition) is 0. The first-order valence-electron chi connectivity index (χ1n) is 6.91. The van der Waals surface area contributed by atoms with E-state index in [1.807, 2.05) is 0 Å². The van der Waals surface area contributed by atoms with E-state index in [2.05, 4.69) is 4.18 Å². The van der Waals surface area contributed by atoms with Crippen LogP contribution in [-0.4, -0.2) is 31.0 Å². The molecule has 0 radical (unpaired) electrons. The number of benzene rings is 1. The van der Waals surface area contributed by atoms with Gasteiger partial charge in [0.25, 0.3) is 6.43 Å². The number of carbonyl (C=O) groups excluding carboxylic acids is 1. The summed E-state index contributed by atoms with van der Waals surface area (Å²) in [6.07, 6.45) is -4.29. The lowest BCUT2D eigenvalue weighted by atomic mass is 10.0. The smallest absolute Gasteiger partial charge is 0.426 e. The van der Waals surface area contributed by atoms with Gasteiger partial charge in [-0.15, -0.1) is 0 Å². The van der Waals surface area contributed by atoms with Crippen molar-refractivity contribution in [1.29, 1.82) is 0 Å². The van der Waals surface area contributed by atoms with Gasteiger partial charge in [-0.05, 0) is 38.5 Å². The molecule has 1 atom stereocenters. The molecule has 1 aliphatic heterocycles. The highest BCUT2D eigenvalue weighted by atomic mass is 32.2. The second kappa shape index (κ2) is 6.25. The summed E-state index contributed by atoms with van der Waals surface area (Å²) in [5, 5.41) is 0. The topological polar surface area (TPSA) is 72.9 Å². The van der Waals surface area contributed by atoms with Crippen LogP contribution in [0, 0.1) is 5.82 Å². The van der Waals surface area contributed by atoms with E-state index in [9.17, 15) is 26.4 Å². The number of nitrogens with zero attached hydrogens (tertiary/aromatic N) is 1. The first-order chi connectivity index (χ1) is 10.9. The molecule has 2 rings (SSSR count). The fourth-order valence-electron chi connectivity index (χ4n) is 2.12. The molecule has 1 fully saturated rings. The minimum absolute atomic E-state index is 0.00126. The van der Waals surface area contributed by atoms with Crippen molar-refractivity contribution in [3.05, 3.63) is 35.1 Å². The molecule has 6 nitrogen and oxygen atoms in total. The summed E-state index contributed by atoms with van der Waals surface area (Å²) in [6, 6.07) is 1.50. The second-order valence-electron chi connectivity index (χ2n) is 6.12. The van der Waals surface area contributed by atoms with Gasteiger partial charge < -0.3 is 4.74 Å². The minimum Gasteiger partial charge on any atom is -0.443 e. The third kappa shape index (κ3) is 3.81. The fraction of sp³-hybridized carbons (Fsp3) is 0.500. The number of hydrogen-bond acceptors (Lipinski definition) is 5. The molecule has 1 saturated heterocycles. The van der Waals surface area contributed by atoms with Crippen molar-refractivity contribution >= 4 is 16.4 Å². The van der Waals surface area contributed by atoms with E-state index in [4.69, 9.17) is 4.74 Å². The molecule has 1 aromatic rings. The van der Waals surface area contributed by atoms with Gasteiger partial charge in [0.15, 0.2) is 0 Å². The summed E-state index contributed by atoms with van der Waals surface area (Å²) >= 11 is 0. The van der Waals surface area contributed by atoms with Crippen LogP contribution in [0.25, 0.3) is 0 Å². The molecule has 1 heterocycles. The van der Waals surface area contributed by atoms with Crippen molar-refractivity contribution in [1.82, 2.24) is 4.31 Å². The van der Waals surface area contributed by atoms with Gasteiger partial charge in [-0.1, -0.05) is 6.07 Å². The highest BCUT2D eigenvalue weighted by molar-refractivity contribution is 7.85. The lowest BCUT2D eigenvalue weighted by Crippen LogP contribution is -2.39. The zero-order valence-corrected chi connectivity index (χ0v) is 13.9. The highest BCUT2D eigenvalue weighted by Gasteiger charge is 2.45. The lowest BCUT2D eigenvalue weighted by molar-refractivity contribution is 0.0356. The van der Waals surface area contributed by atoms with Crippen LogP contribution < -0.4 is 0 Å². The number of amides is 1. The van der Waals surface area contributed by atoms with Gasteiger partial charge in [-0.25, -0.2) is 18.0 Å². The molecule has 0 aliphatic carbocycles. The molecule has 1 aliphatic rings. The second-order valence-corrected chi connectivity index (χ2v) is 7.60. The van der Waals surface area contributed by atoms with Crippen LogP contribution in [0.4, 0.5) is 18.0 Å². The zero-order chi connectivity index (χ0) is 18.3. The van der Waals surface area contributed by atoms with Gasteiger partial charge in [-0.2, -0.15) is 12.7 Å². The van der Waals surface area contributed by atoms with Crippen molar-refractivity contribution in [3.63, 3.8) is 0 Å². The maximum Gasteiger partial charge on any atom is 0.426 e. The number of carbonyl (C=O) groups is 1. The van der Waals surface area contributed by atoms with Crippen LogP contribution in [0.1, 0.15) is 44.4 Å². The Bertz CT molecular complexity index is 745. The Kier molecular flexibility index (Phi) is 4.82. The molecule has 0 aromatic heterocycles. The normalized spacial score (nSPS) is 20.5. The standard InChI is InChI=1S/C14H16F3NO5S/c1-14(2,3)23-13(19)18-11(7-22-24(18,20)21)8-4-5-10(15)9(6-8)12(16)17/h4-6,11-12H,7H2,1-3H3/t11-/m1/s1. The molecule has 0 unspecified atom stereocenters. The van der Waals surface area contributed by atoms with Crippen LogP contribution in [0.2, 0.25) is 0 Å². The van der Waals surface area contributed by atoms with Crippen molar-refractivity contribution in [2.24, 2.45) is 0 Å². The summed E-state index contributed by atoms with van der Waals surface area (Å²) in [6.45, 7) is 4.14. The molecular formula is C14H16F3NO5S. The zero-order valence-electron chi connectivity index (χ0n) is 13.1. The van der Waals surface area contributed by atoms with Gasteiger partial charge in [0.1, 0.15) is 17.5 Å². The average molecular weight is 367 g/mol. The third-order valence-electron chi connectivity index (χ3n) is 3.11. The molecule has 1 amide bonds. The number of halogens is 3. The fourth-order valence-corrected chi connectivity index (χ4v) is 3.25. The average Bonchev–Trinajstić information content (AvgIpc) is 2.72. The first kappa shape index (κ1) is 18.5. The van der Waals surface area contributed by atoms with Crippen LogP contribution >= 0.6 is 0 Å². The lowest BCUT2D eigenvalue weighted by Gasteiger charge is -2.26. The van der Waals surface area contributed by atoms with Crippen LogP contribution in [0.15, 0.2) is 18.2 Å². The Balaban J connectivity index is 2.42. The molecule has 0 spiro atoms. The predicted molar refractivity (Wildman–Crippen MR) is 77.0 cm³/mol. The van der Waals surface area contributed by atoms with Gasteiger partial charge in [-0.3, -0.25) is 4.18 Å². The highest BCUT2D eigenvalue weighted by Crippen LogP contribution is 2.35. The molecule has 1 aromatic carbocycles. The number of ether oxygens (including phenoxy) is 1. The number of rotatable bonds is 2. The number of alkyl halides is 2. The molecule has 0 bridgehead atoms. The van der Waals surface area contributed by atoms with Gasteiger partial charge in [0.2, 0.25) is 0 Å². The molecule has 0 N–H and O–H groups in total. The van der Waals surface area contributed by atoms with Gasteiger partial charge >= 0.3 is 16.4 Å². The Morgan fingerprint density at radius 2 is 2.00 bits per heavy atom.